The van der Waals surface area contributed by atoms with Crippen LogP contribution in [0, 0.1) is 0 Å². The fourth-order valence-electron chi connectivity index (χ4n) is 5.20. The largest absolute Gasteiger partial charge is 0.493 e. The molecule has 36 heavy (non-hydrogen) atoms. The molecule has 1 fully saturated rings. The van der Waals surface area contributed by atoms with E-state index < -0.39 is 0 Å². The standard InChI is InChI=1S/C30H32BrN2O3/c1-33(14-12-32(13-15-33)20-22-4-8-25(31)9-5-22)26-10-6-21(7-11-26)16-24-17-23-18-28(35-2)29(36-3)19-27(23)30(24)34/h4-11,16,18-19H,12-15,17,20H2,1-3H3/q+1. The van der Waals surface area contributed by atoms with E-state index in [2.05, 4.69) is 76.4 Å². The third-order valence-corrected chi connectivity index (χ3v) is 8.05. The van der Waals surface area contributed by atoms with Gasteiger partial charge in [0, 0.05) is 41.7 Å². The zero-order valence-electron chi connectivity index (χ0n) is 21.1. The van der Waals surface area contributed by atoms with E-state index in [-0.39, 0.29) is 5.78 Å². The summed E-state index contributed by atoms with van der Waals surface area (Å²) in [5.74, 6) is 1.31. The van der Waals surface area contributed by atoms with Gasteiger partial charge in [-0.15, -0.1) is 0 Å². The monoisotopic (exact) mass is 547 g/mol. The second kappa shape index (κ2) is 10.2. The number of quaternary nitrogens is 1. The van der Waals surface area contributed by atoms with E-state index in [1.807, 2.05) is 12.1 Å². The van der Waals surface area contributed by atoms with E-state index >= 15 is 0 Å². The van der Waals surface area contributed by atoms with Crippen molar-refractivity contribution in [2.45, 2.75) is 13.0 Å². The summed E-state index contributed by atoms with van der Waals surface area (Å²) in [7, 11) is 5.53. The third-order valence-electron chi connectivity index (χ3n) is 7.52. The highest BCUT2D eigenvalue weighted by Gasteiger charge is 2.31. The van der Waals surface area contributed by atoms with Gasteiger partial charge in [0.2, 0.25) is 0 Å². The Morgan fingerprint density at radius 2 is 1.58 bits per heavy atom. The van der Waals surface area contributed by atoms with Crippen molar-refractivity contribution < 1.29 is 14.3 Å². The number of fused-ring (bicyclic) bond motifs is 1. The number of nitrogens with zero attached hydrogens (tertiary/aromatic N) is 2. The molecule has 3 aromatic rings. The number of allylic oxidation sites excluding steroid dienone is 1. The van der Waals surface area contributed by atoms with Gasteiger partial charge in [-0.25, -0.2) is 0 Å². The minimum atomic E-state index is 0.0657. The van der Waals surface area contributed by atoms with Crippen LogP contribution in [0.1, 0.15) is 27.0 Å². The van der Waals surface area contributed by atoms with Crippen molar-refractivity contribution in [3.05, 3.63) is 93.0 Å². The molecule has 0 aromatic heterocycles. The number of piperazine rings is 1. The minimum absolute atomic E-state index is 0.0657. The van der Waals surface area contributed by atoms with Crippen LogP contribution in [-0.4, -0.2) is 58.1 Å². The predicted octanol–water partition coefficient (Wildman–Crippen LogP) is 5.74. The van der Waals surface area contributed by atoms with E-state index in [1.54, 1.807) is 20.3 Å². The highest BCUT2D eigenvalue weighted by molar-refractivity contribution is 9.10. The molecule has 1 aliphatic heterocycles. The van der Waals surface area contributed by atoms with E-state index in [0.29, 0.717) is 23.5 Å². The summed E-state index contributed by atoms with van der Waals surface area (Å²) in [6.45, 7) is 5.28. The second-order valence-corrected chi connectivity index (χ2v) is 10.8. The van der Waals surface area contributed by atoms with E-state index in [0.717, 1.165) is 58.4 Å². The van der Waals surface area contributed by atoms with Crippen molar-refractivity contribution in [2.75, 3.05) is 47.4 Å². The van der Waals surface area contributed by atoms with Crippen LogP contribution in [0.4, 0.5) is 5.69 Å². The van der Waals surface area contributed by atoms with Crippen LogP contribution in [0.25, 0.3) is 6.08 Å². The van der Waals surface area contributed by atoms with Crippen molar-refractivity contribution >= 4 is 33.5 Å². The number of hydrogen-bond donors (Lipinski definition) is 0. The molecule has 6 heteroatoms. The summed E-state index contributed by atoms with van der Waals surface area (Å²) in [6.07, 6.45) is 2.62. The maximum Gasteiger partial charge on any atom is 0.189 e. The van der Waals surface area contributed by atoms with Gasteiger partial charge in [0.25, 0.3) is 0 Å². The maximum absolute atomic E-state index is 13.0. The van der Waals surface area contributed by atoms with Crippen molar-refractivity contribution in [1.82, 2.24) is 9.38 Å². The fourth-order valence-corrected chi connectivity index (χ4v) is 5.46. The second-order valence-electron chi connectivity index (χ2n) is 9.88. The molecule has 1 saturated heterocycles. The quantitative estimate of drug-likeness (QED) is 0.291. The van der Waals surface area contributed by atoms with E-state index in [4.69, 9.17) is 9.47 Å². The van der Waals surface area contributed by atoms with Crippen molar-refractivity contribution in [3.8, 4) is 11.5 Å². The van der Waals surface area contributed by atoms with Crippen LogP contribution < -0.4 is 14.0 Å². The molecular formula is C30H32BrN2O3+. The van der Waals surface area contributed by atoms with Gasteiger partial charge in [0.1, 0.15) is 5.69 Å². The Balaban J connectivity index is 1.25. The average molecular weight is 549 g/mol. The smallest absolute Gasteiger partial charge is 0.189 e. The number of ether oxygens (including phenoxy) is 2. The van der Waals surface area contributed by atoms with Gasteiger partial charge in [0.15, 0.2) is 17.3 Å². The van der Waals surface area contributed by atoms with Crippen molar-refractivity contribution in [2.24, 2.45) is 0 Å². The first-order chi connectivity index (χ1) is 17.4. The third kappa shape index (κ3) is 4.99. The van der Waals surface area contributed by atoms with Gasteiger partial charge in [-0.3, -0.25) is 14.2 Å². The van der Waals surface area contributed by atoms with Gasteiger partial charge in [-0.05, 0) is 71.3 Å². The van der Waals surface area contributed by atoms with Crippen LogP contribution in [0.15, 0.2) is 70.7 Å². The Bertz CT molecular complexity index is 1290. The molecule has 186 valence electrons. The van der Waals surface area contributed by atoms with Crippen LogP contribution in [0.3, 0.4) is 0 Å². The Labute approximate surface area is 221 Å². The molecule has 0 radical (unpaired) electrons. The molecule has 1 aliphatic carbocycles. The maximum atomic E-state index is 13.0. The molecular weight excluding hydrogens is 516 g/mol. The number of rotatable bonds is 6. The summed E-state index contributed by atoms with van der Waals surface area (Å²) in [5, 5.41) is 0. The molecule has 0 amide bonds. The normalized spacial score (nSPS) is 18.3. The summed E-state index contributed by atoms with van der Waals surface area (Å²) >= 11 is 3.52. The first kappa shape index (κ1) is 24.8. The van der Waals surface area contributed by atoms with Crippen LogP contribution in [0.5, 0.6) is 11.5 Å². The van der Waals surface area contributed by atoms with E-state index in [1.165, 1.54) is 11.3 Å². The molecule has 0 bridgehead atoms. The number of carbonyl (C=O) groups excluding carboxylic acids is 1. The number of halogens is 1. The molecule has 3 aromatic carbocycles. The molecule has 5 nitrogen and oxygen atoms in total. The Kier molecular flexibility index (Phi) is 7.02. The Hall–Kier alpha value is -2.93. The number of likely N-dealkylation sites (N-methyl/N-ethyl adjacent to an activating group) is 1. The number of Topliss-reactive ketones (excluding diaryl/α,β-unsaturated/α-hetero) is 1. The van der Waals surface area contributed by atoms with Gasteiger partial charge in [-0.1, -0.05) is 28.1 Å². The molecule has 0 N–H and O–H groups in total. The summed E-state index contributed by atoms with van der Waals surface area (Å²) in [6, 6.07) is 21.0. The van der Waals surface area contributed by atoms with Gasteiger partial charge in [-0.2, -0.15) is 0 Å². The SMILES string of the molecule is COc1cc2c(cc1OC)C(=O)C(=Cc1ccc([N+]3(C)CCN(Cc4ccc(Br)cc4)CC3)cc1)C2. The zero-order valence-corrected chi connectivity index (χ0v) is 22.7. The van der Waals surface area contributed by atoms with Crippen molar-refractivity contribution in [3.63, 3.8) is 0 Å². The minimum Gasteiger partial charge on any atom is -0.493 e. The average Bonchev–Trinajstić information content (AvgIpc) is 3.20. The highest BCUT2D eigenvalue weighted by Crippen LogP contribution is 2.37. The van der Waals surface area contributed by atoms with Crippen LogP contribution in [-0.2, 0) is 13.0 Å². The van der Waals surface area contributed by atoms with Gasteiger partial charge < -0.3 is 9.47 Å². The first-order valence-corrected chi connectivity index (χ1v) is 13.1. The van der Waals surface area contributed by atoms with Gasteiger partial charge >= 0.3 is 0 Å². The number of ketones is 1. The van der Waals surface area contributed by atoms with Crippen molar-refractivity contribution in [1.29, 1.82) is 0 Å². The molecule has 2 aliphatic rings. The molecule has 5 rings (SSSR count). The zero-order chi connectivity index (χ0) is 25.3. The summed E-state index contributed by atoms with van der Waals surface area (Å²) in [4.78, 5) is 15.6. The molecule has 0 atom stereocenters. The Morgan fingerprint density at radius 3 is 2.22 bits per heavy atom. The fraction of sp³-hybridized carbons (Fsp3) is 0.300. The molecule has 0 unspecified atom stereocenters. The topological polar surface area (TPSA) is 38.8 Å². The lowest BCUT2D eigenvalue weighted by atomic mass is 10.1. The lowest BCUT2D eigenvalue weighted by Crippen LogP contribution is -2.58. The predicted molar refractivity (Wildman–Crippen MR) is 149 cm³/mol. The van der Waals surface area contributed by atoms with Crippen LogP contribution >= 0.6 is 15.9 Å². The van der Waals surface area contributed by atoms with Gasteiger partial charge in [0.05, 0.1) is 34.4 Å². The lowest BCUT2D eigenvalue weighted by Gasteiger charge is -2.41. The molecule has 1 heterocycles. The van der Waals surface area contributed by atoms with E-state index in [9.17, 15) is 4.79 Å². The highest BCUT2D eigenvalue weighted by atomic mass is 79.9. The number of carbonyl (C=O) groups is 1. The molecule has 0 saturated carbocycles. The number of methoxy groups -OCH3 is 2. The number of benzene rings is 3. The summed E-state index contributed by atoms with van der Waals surface area (Å²) in [5.41, 5.74) is 6.21. The van der Waals surface area contributed by atoms with Crippen LogP contribution in [0.2, 0.25) is 0 Å². The first-order valence-electron chi connectivity index (χ1n) is 12.3. The Morgan fingerprint density at radius 1 is 0.944 bits per heavy atom. The summed E-state index contributed by atoms with van der Waals surface area (Å²) < 4.78 is 12.8. The number of hydrogen-bond acceptors (Lipinski definition) is 4. The lowest BCUT2D eigenvalue weighted by molar-refractivity contribution is 0.104. The molecule has 0 spiro atoms.